The van der Waals surface area contributed by atoms with Crippen molar-refractivity contribution in [3.05, 3.63) is 58.1 Å². The van der Waals surface area contributed by atoms with Gasteiger partial charge in [-0.15, -0.1) is 0 Å². The summed E-state index contributed by atoms with van der Waals surface area (Å²) in [7, 11) is 0. The smallest absolute Gasteiger partial charge is 0.246 e. The van der Waals surface area contributed by atoms with E-state index in [-0.39, 0.29) is 12.5 Å². The molecule has 0 aliphatic rings. The maximum Gasteiger partial charge on any atom is 0.246 e. The lowest BCUT2D eigenvalue weighted by molar-refractivity contribution is -0.116. The predicted octanol–water partition coefficient (Wildman–Crippen LogP) is 4.77. The molecule has 0 heterocycles. The maximum absolute atomic E-state index is 12.4. The van der Waals surface area contributed by atoms with Crippen molar-refractivity contribution in [1.82, 2.24) is 0 Å². The molecule has 22 heavy (non-hydrogen) atoms. The molecule has 0 unspecified atom stereocenters. The molecule has 0 aliphatic heterocycles. The Bertz CT molecular complexity index is 673. The lowest BCUT2D eigenvalue weighted by atomic mass is 10.2. The van der Waals surface area contributed by atoms with Crippen molar-refractivity contribution in [1.29, 1.82) is 0 Å². The van der Waals surface area contributed by atoms with Gasteiger partial charge in [-0.2, -0.15) is 0 Å². The van der Waals surface area contributed by atoms with Gasteiger partial charge in [0.2, 0.25) is 5.91 Å². The number of nitrogens with zero attached hydrogens (tertiary/aromatic N) is 1. The molecule has 0 saturated heterocycles. The van der Waals surface area contributed by atoms with Crippen molar-refractivity contribution in [3.8, 4) is 0 Å². The van der Waals surface area contributed by atoms with Crippen molar-refractivity contribution in [3.63, 3.8) is 0 Å². The number of halogens is 2. The Labute approximate surface area is 140 Å². The minimum atomic E-state index is -0.0147. The summed E-state index contributed by atoms with van der Waals surface area (Å²) in [5, 5.41) is 4.12. The summed E-state index contributed by atoms with van der Waals surface area (Å²) in [5.41, 5.74) is 2.72. The zero-order chi connectivity index (χ0) is 16.1. The minimum absolute atomic E-state index is 0.0147. The highest BCUT2D eigenvalue weighted by molar-refractivity contribution is 6.36. The maximum atomic E-state index is 12.4. The molecular weight excluding hydrogens is 319 g/mol. The monoisotopic (exact) mass is 336 g/mol. The van der Waals surface area contributed by atoms with E-state index in [9.17, 15) is 4.79 Å². The molecule has 0 aliphatic carbocycles. The van der Waals surface area contributed by atoms with E-state index in [0.29, 0.717) is 22.3 Å². The summed E-state index contributed by atoms with van der Waals surface area (Å²) in [6, 6.07) is 13.0. The normalized spacial score (nSPS) is 10.4. The van der Waals surface area contributed by atoms with Crippen LogP contribution in [-0.2, 0) is 4.79 Å². The quantitative estimate of drug-likeness (QED) is 0.853. The summed E-state index contributed by atoms with van der Waals surface area (Å²) in [5.74, 6) is -0.0147. The molecule has 0 spiro atoms. The lowest BCUT2D eigenvalue weighted by Gasteiger charge is -2.22. The fraction of sp³-hybridized carbons (Fsp3) is 0.235. The number of hydrogen-bond donors (Lipinski definition) is 1. The van der Waals surface area contributed by atoms with Gasteiger partial charge in [0.1, 0.15) is 0 Å². The van der Waals surface area contributed by atoms with Crippen molar-refractivity contribution in [2.24, 2.45) is 0 Å². The van der Waals surface area contributed by atoms with E-state index in [1.165, 1.54) is 0 Å². The number of aryl methyl sites for hydroxylation is 1. The molecule has 2 aromatic carbocycles. The summed E-state index contributed by atoms with van der Waals surface area (Å²) in [6.07, 6.45) is 0. The van der Waals surface area contributed by atoms with Gasteiger partial charge in [-0.1, -0.05) is 35.3 Å². The number of carbonyl (C=O) groups excluding carboxylic acids is 1. The number of carbonyl (C=O) groups is 1. The van der Waals surface area contributed by atoms with Gasteiger partial charge in [0.25, 0.3) is 0 Å². The van der Waals surface area contributed by atoms with Crippen LogP contribution in [0.15, 0.2) is 42.5 Å². The minimum Gasteiger partial charge on any atom is -0.375 e. The molecular formula is C17H18Cl2N2O. The molecule has 0 bridgehead atoms. The Kier molecular flexibility index (Phi) is 5.69. The Morgan fingerprint density at radius 1 is 1.18 bits per heavy atom. The number of likely N-dealkylation sites (N-methyl/N-ethyl adjacent to an activating group) is 1. The average Bonchev–Trinajstić information content (AvgIpc) is 2.47. The highest BCUT2D eigenvalue weighted by Gasteiger charge is 2.14. The molecule has 1 N–H and O–H groups in total. The molecule has 0 atom stereocenters. The predicted molar refractivity (Wildman–Crippen MR) is 94.2 cm³/mol. The van der Waals surface area contributed by atoms with Gasteiger partial charge in [0.05, 0.1) is 17.3 Å². The van der Waals surface area contributed by atoms with Crippen LogP contribution in [0.2, 0.25) is 10.0 Å². The fourth-order valence-corrected chi connectivity index (χ4v) is 2.67. The number of amides is 1. The van der Waals surface area contributed by atoms with Crippen LogP contribution in [-0.4, -0.2) is 19.0 Å². The molecule has 0 saturated carbocycles. The van der Waals surface area contributed by atoms with E-state index in [0.717, 1.165) is 11.3 Å². The molecule has 5 heteroatoms. The van der Waals surface area contributed by atoms with Crippen LogP contribution in [0.4, 0.5) is 11.4 Å². The third kappa shape index (κ3) is 4.15. The van der Waals surface area contributed by atoms with Crippen molar-refractivity contribution >= 4 is 40.5 Å². The Morgan fingerprint density at radius 3 is 2.59 bits per heavy atom. The standard InChI is InChI=1S/C17H18Cl2N2O/c1-3-21(14-6-4-5-12(2)9-14)17(22)11-20-16-8-7-13(18)10-15(16)19/h4-10,20H,3,11H2,1-2H3. The van der Waals surface area contributed by atoms with Crippen molar-refractivity contribution in [2.45, 2.75) is 13.8 Å². The largest absolute Gasteiger partial charge is 0.375 e. The second-order valence-corrected chi connectivity index (χ2v) is 5.80. The highest BCUT2D eigenvalue weighted by Crippen LogP contribution is 2.25. The number of hydrogen-bond acceptors (Lipinski definition) is 2. The molecule has 3 nitrogen and oxygen atoms in total. The van der Waals surface area contributed by atoms with Crippen LogP contribution in [0.5, 0.6) is 0 Å². The number of rotatable bonds is 5. The first kappa shape index (κ1) is 16.7. The summed E-state index contributed by atoms with van der Waals surface area (Å²) in [4.78, 5) is 14.2. The van der Waals surface area contributed by atoms with E-state index in [1.54, 1.807) is 23.1 Å². The van der Waals surface area contributed by atoms with E-state index in [4.69, 9.17) is 23.2 Å². The zero-order valence-electron chi connectivity index (χ0n) is 12.6. The molecule has 116 valence electrons. The number of nitrogens with one attached hydrogen (secondary N) is 1. The van der Waals surface area contributed by atoms with Gasteiger partial charge >= 0.3 is 0 Å². The fourth-order valence-electron chi connectivity index (χ4n) is 2.20. The second kappa shape index (κ2) is 7.52. The van der Waals surface area contributed by atoms with Gasteiger partial charge < -0.3 is 10.2 Å². The lowest BCUT2D eigenvalue weighted by Crippen LogP contribution is -2.35. The van der Waals surface area contributed by atoms with Gasteiger partial charge in [-0.05, 0) is 49.7 Å². The first-order valence-electron chi connectivity index (χ1n) is 7.07. The highest BCUT2D eigenvalue weighted by atomic mass is 35.5. The van der Waals surface area contributed by atoms with Gasteiger partial charge in [-0.3, -0.25) is 4.79 Å². The Morgan fingerprint density at radius 2 is 1.95 bits per heavy atom. The van der Waals surface area contributed by atoms with Gasteiger partial charge in [0.15, 0.2) is 0 Å². The van der Waals surface area contributed by atoms with E-state index >= 15 is 0 Å². The van der Waals surface area contributed by atoms with Crippen molar-refractivity contribution in [2.75, 3.05) is 23.3 Å². The topological polar surface area (TPSA) is 32.3 Å². The third-order valence-corrected chi connectivity index (χ3v) is 3.84. The summed E-state index contributed by atoms with van der Waals surface area (Å²) < 4.78 is 0. The first-order valence-corrected chi connectivity index (χ1v) is 7.83. The first-order chi connectivity index (χ1) is 10.5. The average molecular weight is 337 g/mol. The van der Waals surface area contributed by atoms with Crippen LogP contribution < -0.4 is 10.2 Å². The summed E-state index contributed by atoms with van der Waals surface area (Å²) >= 11 is 12.0. The molecule has 2 rings (SSSR count). The Hall–Kier alpha value is -1.71. The summed E-state index contributed by atoms with van der Waals surface area (Å²) in [6.45, 7) is 4.74. The van der Waals surface area contributed by atoms with E-state index < -0.39 is 0 Å². The molecule has 1 amide bonds. The number of anilines is 2. The second-order valence-electron chi connectivity index (χ2n) is 4.95. The van der Waals surface area contributed by atoms with E-state index in [1.807, 2.05) is 38.1 Å². The van der Waals surface area contributed by atoms with Gasteiger partial charge in [-0.25, -0.2) is 0 Å². The number of benzene rings is 2. The molecule has 0 fully saturated rings. The van der Waals surface area contributed by atoms with Crippen LogP contribution in [0.25, 0.3) is 0 Å². The van der Waals surface area contributed by atoms with Crippen molar-refractivity contribution < 1.29 is 4.79 Å². The molecule has 2 aromatic rings. The van der Waals surface area contributed by atoms with Gasteiger partial charge in [0, 0.05) is 17.3 Å². The Balaban J connectivity index is 2.06. The van der Waals surface area contributed by atoms with Crippen LogP contribution in [0, 0.1) is 6.92 Å². The van der Waals surface area contributed by atoms with E-state index in [2.05, 4.69) is 5.32 Å². The van der Waals surface area contributed by atoms with Crippen LogP contribution in [0.1, 0.15) is 12.5 Å². The van der Waals surface area contributed by atoms with Crippen LogP contribution >= 0.6 is 23.2 Å². The third-order valence-electron chi connectivity index (χ3n) is 3.29. The SMILES string of the molecule is CCN(C(=O)CNc1ccc(Cl)cc1Cl)c1cccc(C)c1. The zero-order valence-corrected chi connectivity index (χ0v) is 14.1. The molecule has 0 radical (unpaired) electrons. The van der Waals surface area contributed by atoms with Crippen LogP contribution in [0.3, 0.4) is 0 Å². The molecule has 0 aromatic heterocycles.